The fourth-order valence-electron chi connectivity index (χ4n) is 2.50. The number of hydrogen-bond acceptors (Lipinski definition) is 4. The van der Waals surface area contributed by atoms with Gasteiger partial charge in [-0.1, -0.05) is 12.8 Å². The van der Waals surface area contributed by atoms with Gasteiger partial charge in [-0.3, -0.25) is 4.79 Å². The van der Waals surface area contributed by atoms with Gasteiger partial charge in [0.15, 0.2) is 0 Å². The average molecular weight is 231 g/mol. The average Bonchev–Trinajstić information content (AvgIpc) is 1.97. The SMILES string of the molecule is CC(=O)OC1CC(C)(C)N(S)C(C)(C)C1. The molecule has 0 radical (unpaired) electrons. The molecule has 0 aromatic heterocycles. The lowest BCUT2D eigenvalue weighted by molar-refractivity contribution is -0.152. The van der Waals surface area contributed by atoms with Crippen molar-refractivity contribution in [2.24, 2.45) is 0 Å². The van der Waals surface area contributed by atoms with E-state index in [1.165, 1.54) is 6.92 Å². The van der Waals surface area contributed by atoms with Crippen molar-refractivity contribution in [2.45, 2.75) is 64.6 Å². The lowest BCUT2D eigenvalue weighted by atomic mass is 9.81. The van der Waals surface area contributed by atoms with Gasteiger partial charge in [-0.05, 0) is 27.7 Å². The second-order valence-corrected chi connectivity index (χ2v) is 5.98. The number of rotatable bonds is 1. The van der Waals surface area contributed by atoms with Crippen LogP contribution in [0.15, 0.2) is 0 Å². The van der Waals surface area contributed by atoms with Gasteiger partial charge in [0, 0.05) is 30.8 Å². The minimum atomic E-state index is -0.195. The van der Waals surface area contributed by atoms with E-state index in [0.29, 0.717) is 0 Å². The number of carbonyl (C=O) groups excluding carboxylic acids is 1. The lowest BCUT2D eigenvalue weighted by Gasteiger charge is -2.51. The Bertz CT molecular complexity index is 245. The van der Waals surface area contributed by atoms with Crippen LogP contribution in [0.5, 0.6) is 0 Å². The van der Waals surface area contributed by atoms with Gasteiger partial charge in [0.25, 0.3) is 0 Å². The fraction of sp³-hybridized carbons (Fsp3) is 0.909. The first-order chi connectivity index (χ1) is 6.65. The number of hydrogen-bond donors (Lipinski definition) is 1. The highest BCUT2D eigenvalue weighted by Crippen LogP contribution is 2.40. The van der Waals surface area contributed by atoms with Crippen molar-refractivity contribution in [3.8, 4) is 0 Å². The zero-order valence-corrected chi connectivity index (χ0v) is 11.1. The van der Waals surface area contributed by atoms with Crippen molar-refractivity contribution < 1.29 is 9.53 Å². The van der Waals surface area contributed by atoms with Gasteiger partial charge in [0.05, 0.1) is 0 Å². The maximum Gasteiger partial charge on any atom is 0.302 e. The maximum atomic E-state index is 11.0. The van der Waals surface area contributed by atoms with E-state index in [2.05, 4.69) is 44.8 Å². The molecular formula is C11H21NO2S. The molecule has 1 saturated heterocycles. The summed E-state index contributed by atoms with van der Waals surface area (Å²) in [5, 5.41) is 0. The van der Waals surface area contributed by atoms with Crippen molar-refractivity contribution in [1.82, 2.24) is 4.31 Å². The van der Waals surface area contributed by atoms with Crippen molar-refractivity contribution in [3.05, 3.63) is 0 Å². The van der Waals surface area contributed by atoms with E-state index in [-0.39, 0.29) is 23.2 Å². The molecule has 1 rings (SSSR count). The molecule has 0 unspecified atom stereocenters. The van der Waals surface area contributed by atoms with Crippen LogP contribution < -0.4 is 0 Å². The van der Waals surface area contributed by atoms with Crippen LogP contribution in [-0.2, 0) is 9.53 Å². The molecule has 0 aromatic rings. The summed E-state index contributed by atoms with van der Waals surface area (Å²) in [4.78, 5) is 11.0. The largest absolute Gasteiger partial charge is 0.462 e. The van der Waals surface area contributed by atoms with Crippen molar-refractivity contribution >= 4 is 18.8 Å². The van der Waals surface area contributed by atoms with Gasteiger partial charge in [0.2, 0.25) is 0 Å². The predicted octanol–water partition coefficient (Wildman–Crippen LogP) is 2.42. The molecule has 88 valence electrons. The fourth-order valence-corrected chi connectivity index (χ4v) is 2.66. The van der Waals surface area contributed by atoms with Crippen LogP contribution in [0.2, 0.25) is 0 Å². The van der Waals surface area contributed by atoms with Gasteiger partial charge in [-0.2, -0.15) is 0 Å². The standard InChI is InChI=1S/C11H21NO2S/c1-8(13)14-9-6-10(2,3)12(15)11(4,5)7-9/h9,15H,6-7H2,1-5H3. The van der Waals surface area contributed by atoms with Crippen molar-refractivity contribution in [3.63, 3.8) is 0 Å². The number of ether oxygens (including phenoxy) is 1. The molecule has 15 heavy (non-hydrogen) atoms. The Hall–Kier alpha value is -0.220. The highest BCUT2D eigenvalue weighted by atomic mass is 32.1. The number of carbonyl (C=O) groups is 1. The molecule has 1 aliphatic heterocycles. The normalized spacial score (nSPS) is 26.3. The van der Waals surface area contributed by atoms with Crippen LogP contribution in [0.25, 0.3) is 0 Å². The highest BCUT2D eigenvalue weighted by molar-refractivity contribution is 7.77. The summed E-state index contributed by atoms with van der Waals surface area (Å²) >= 11 is 4.55. The summed E-state index contributed by atoms with van der Waals surface area (Å²) in [6.07, 6.45) is 1.68. The molecular weight excluding hydrogens is 210 g/mol. The third-order valence-corrected chi connectivity index (χ3v) is 4.02. The summed E-state index contributed by atoms with van der Waals surface area (Å²) < 4.78 is 7.38. The molecule has 1 heterocycles. The number of esters is 1. The van der Waals surface area contributed by atoms with Gasteiger partial charge in [-0.15, -0.1) is 0 Å². The van der Waals surface area contributed by atoms with Crippen LogP contribution in [0.4, 0.5) is 0 Å². The van der Waals surface area contributed by atoms with E-state index in [1.54, 1.807) is 0 Å². The van der Waals surface area contributed by atoms with Crippen molar-refractivity contribution in [1.29, 1.82) is 0 Å². The zero-order chi connectivity index (χ0) is 11.9. The Morgan fingerprint density at radius 3 is 2.00 bits per heavy atom. The number of piperidine rings is 1. The predicted molar refractivity (Wildman–Crippen MR) is 63.8 cm³/mol. The summed E-state index contributed by atoms with van der Waals surface area (Å²) in [6.45, 7) is 9.96. The van der Waals surface area contributed by atoms with E-state index in [4.69, 9.17) is 4.74 Å². The third kappa shape index (κ3) is 2.88. The smallest absolute Gasteiger partial charge is 0.302 e. The quantitative estimate of drug-likeness (QED) is 0.555. The van der Waals surface area contributed by atoms with E-state index >= 15 is 0 Å². The molecule has 0 saturated carbocycles. The zero-order valence-electron chi connectivity index (χ0n) is 10.2. The Kier molecular flexibility index (Phi) is 3.41. The summed E-state index contributed by atoms with van der Waals surface area (Å²) in [6, 6.07) is 0. The van der Waals surface area contributed by atoms with Crippen LogP contribution >= 0.6 is 12.8 Å². The topological polar surface area (TPSA) is 29.5 Å². The molecule has 0 aromatic carbocycles. The van der Waals surface area contributed by atoms with Gasteiger partial charge >= 0.3 is 5.97 Å². The van der Waals surface area contributed by atoms with Crippen LogP contribution in [0.1, 0.15) is 47.5 Å². The monoisotopic (exact) mass is 231 g/mol. The Labute approximate surface area is 97.7 Å². The molecule has 0 bridgehead atoms. The molecule has 0 atom stereocenters. The van der Waals surface area contributed by atoms with Crippen LogP contribution in [-0.4, -0.2) is 27.5 Å². The van der Waals surface area contributed by atoms with E-state index in [0.717, 1.165) is 12.8 Å². The first-order valence-corrected chi connectivity index (χ1v) is 5.71. The van der Waals surface area contributed by atoms with E-state index < -0.39 is 0 Å². The summed E-state index contributed by atoms with van der Waals surface area (Å²) in [7, 11) is 0. The molecule has 0 amide bonds. The minimum Gasteiger partial charge on any atom is -0.462 e. The Morgan fingerprint density at radius 1 is 1.27 bits per heavy atom. The molecule has 0 N–H and O–H groups in total. The minimum absolute atomic E-state index is 0.0101. The molecule has 1 fully saturated rings. The molecule has 3 nitrogen and oxygen atoms in total. The summed E-state index contributed by atoms with van der Waals surface area (Å²) in [5.74, 6) is -0.195. The highest BCUT2D eigenvalue weighted by Gasteiger charge is 2.45. The maximum absolute atomic E-state index is 11.0. The number of thiol groups is 1. The first kappa shape index (κ1) is 12.8. The van der Waals surface area contributed by atoms with E-state index in [9.17, 15) is 4.79 Å². The first-order valence-electron chi connectivity index (χ1n) is 5.31. The summed E-state index contributed by atoms with van der Waals surface area (Å²) in [5.41, 5.74) is -0.101. The molecule has 4 heteroatoms. The van der Waals surface area contributed by atoms with Crippen molar-refractivity contribution in [2.75, 3.05) is 0 Å². The molecule has 0 aliphatic carbocycles. The number of nitrogens with zero attached hydrogens (tertiary/aromatic N) is 1. The van der Waals surface area contributed by atoms with Gasteiger partial charge in [0.1, 0.15) is 6.10 Å². The molecule has 1 aliphatic rings. The van der Waals surface area contributed by atoms with E-state index in [1.807, 2.05) is 0 Å². The lowest BCUT2D eigenvalue weighted by Crippen LogP contribution is -2.57. The van der Waals surface area contributed by atoms with Gasteiger partial charge in [-0.25, -0.2) is 4.31 Å². The second kappa shape index (κ2) is 3.98. The third-order valence-electron chi connectivity index (χ3n) is 2.93. The van der Waals surface area contributed by atoms with Gasteiger partial charge < -0.3 is 4.74 Å². The second-order valence-electron chi connectivity index (χ2n) is 5.58. The van der Waals surface area contributed by atoms with Crippen LogP contribution in [0, 0.1) is 0 Å². The van der Waals surface area contributed by atoms with Crippen LogP contribution in [0.3, 0.4) is 0 Å². The Morgan fingerprint density at radius 2 is 1.67 bits per heavy atom. The Balaban J connectivity index is 2.79. The molecule has 0 spiro atoms.